The molecular formula is C21H16F3N3O2S. The number of nitrogens with zero attached hydrogens (tertiary/aromatic N) is 3. The van der Waals surface area contributed by atoms with Crippen molar-refractivity contribution in [2.75, 3.05) is 7.11 Å². The molecule has 0 radical (unpaired) electrons. The van der Waals surface area contributed by atoms with Crippen molar-refractivity contribution in [2.45, 2.75) is 17.1 Å². The van der Waals surface area contributed by atoms with Crippen LogP contribution in [0, 0.1) is 0 Å². The summed E-state index contributed by atoms with van der Waals surface area (Å²) in [6.45, 7) is 0. The first kappa shape index (κ1) is 20.1. The van der Waals surface area contributed by atoms with Crippen molar-refractivity contribution in [1.29, 1.82) is 0 Å². The largest absolute Gasteiger partial charge is 0.495 e. The van der Waals surface area contributed by atoms with Gasteiger partial charge in [0.05, 0.1) is 24.6 Å². The van der Waals surface area contributed by atoms with Gasteiger partial charge in [0.25, 0.3) is 0 Å². The third kappa shape index (κ3) is 3.93. The number of halogens is 3. The van der Waals surface area contributed by atoms with Gasteiger partial charge in [-0.1, -0.05) is 42.1 Å². The number of hydrogen-bond donors (Lipinski definition) is 0. The number of hydrogen-bond acceptors (Lipinski definition) is 5. The van der Waals surface area contributed by atoms with Gasteiger partial charge in [0.15, 0.2) is 10.9 Å². The monoisotopic (exact) mass is 431 g/mol. The third-order valence-corrected chi connectivity index (χ3v) is 5.36. The van der Waals surface area contributed by atoms with Crippen molar-refractivity contribution >= 4 is 11.8 Å². The van der Waals surface area contributed by atoms with Crippen molar-refractivity contribution in [3.63, 3.8) is 0 Å². The van der Waals surface area contributed by atoms with Gasteiger partial charge in [0, 0.05) is 5.75 Å². The summed E-state index contributed by atoms with van der Waals surface area (Å²) in [6.07, 6.45) is -2.91. The minimum atomic E-state index is -4.42. The van der Waals surface area contributed by atoms with Crippen LogP contribution in [0.15, 0.2) is 76.5 Å². The first-order chi connectivity index (χ1) is 14.5. The molecule has 0 aliphatic rings. The Bertz CT molecular complexity index is 1140. The Morgan fingerprint density at radius 2 is 1.77 bits per heavy atom. The molecule has 0 spiro atoms. The van der Waals surface area contributed by atoms with Crippen molar-refractivity contribution in [1.82, 2.24) is 14.8 Å². The van der Waals surface area contributed by atoms with E-state index in [2.05, 4.69) is 10.2 Å². The standard InChI is InChI=1S/C21H16F3N3O2S/c1-28-17-10-5-4-9-16(17)27-19(18-11-6-12-29-18)25-26-20(27)30-13-14-7-2-3-8-15(14)21(22,23)24/h2-12H,13H2,1H3. The van der Waals surface area contributed by atoms with Crippen LogP contribution in [0.5, 0.6) is 5.75 Å². The highest BCUT2D eigenvalue weighted by Gasteiger charge is 2.33. The van der Waals surface area contributed by atoms with Crippen LogP contribution in [0.4, 0.5) is 13.2 Å². The van der Waals surface area contributed by atoms with Gasteiger partial charge >= 0.3 is 6.18 Å². The highest BCUT2D eigenvalue weighted by Crippen LogP contribution is 2.37. The Morgan fingerprint density at radius 3 is 2.50 bits per heavy atom. The van der Waals surface area contributed by atoms with Gasteiger partial charge < -0.3 is 9.15 Å². The molecule has 154 valence electrons. The molecular weight excluding hydrogens is 415 g/mol. The third-order valence-electron chi connectivity index (χ3n) is 4.38. The SMILES string of the molecule is COc1ccccc1-n1c(SCc2ccccc2C(F)(F)F)nnc1-c1ccco1. The normalized spacial score (nSPS) is 11.6. The fraction of sp³-hybridized carbons (Fsp3) is 0.143. The summed E-state index contributed by atoms with van der Waals surface area (Å²) in [5.74, 6) is 1.55. The molecule has 0 N–H and O–H groups in total. The Kier molecular flexibility index (Phi) is 5.54. The van der Waals surface area contributed by atoms with Crippen LogP contribution in [0.2, 0.25) is 0 Å². The predicted octanol–water partition coefficient (Wildman–Crippen LogP) is 5.85. The van der Waals surface area contributed by atoms with Gasteiger partial charge in [-0.15, -0.1) is 10.2 Å². The molecule has 0 amide bonds. The van der Waals surface area contributed by atoms with E-state index in [4.69, 9.17) is 9.15 Å². The van der Waals surface area contributed by atoms with E-state index in [-0.39, 0.29) is 11.3 Å². The number of rotatable bonds is 6. The van der Waals surface area contributed by atoms with Crippen LogP contribution >= 0.6 is 11.8 Å². The lowest BCUT2D eigenvalue weighted by Gasteiger charge is -2.14. The fourth-order valence-corrected chi connectivity index (χ4v) is 3.97. The fourth-order valence-electron chi connectivity index (χ4n) is 3.03. The molecule has 0 aliphatic carbocycles. The number of methoxy groups -OCH3 is 1. The Morgan fingerprint density at radius 1 is 1.00 bits per heavy atom. The second-order valence-corrected chi connectivity index (χ2v) is 7.18. The number of thioether (sulfide) groups is 1. The molecule has 2 aromatic carbocycles. The molecule has 4 aromatic rings. The van der Waals surface area contributed by atoms with Crippen LogP contribution in [-0.4, -0.2) is 21.9 Å². The second-order valence-electron chi connectivity index (χ2n) is 6.23. The van der Waals surface area contributed by atoms with Gasteiger partial charge in [-0.25, -0.2) is 0 Å². The Labute approximate surface area is 174 Å². The molecule has 0 fully saturated rings. The van der Waals surface area contributed by atoms with Gasteiger partial charge in [-0.3, -0.25) is 4.57 Å². The first-order valence-corrected chi connectivity index (χ1v) is 9.88. The average Bonchev–Trinajstić information content (AvgIpc) is 3.41. The topological polar surface area (TPSA) is 53.1 Å². The first-order valence-electron chi connectivity index (χ1n) is 8.89. The lowest BCUT2D eigenvalue weighted by molar-refractivity contribution is -0.138. The maximum Gasteiger partial charge on any atom is 0.416 e. The summed E-state index contributed by atoms with van der Waals surface area (Å²) in [5, 5.41) is 8.84. The molecule has 0 aliphatic heterocycles. The predicted molar refractivity (Wildman–Crippen MR) is 107 cm³/mol. The van der Waals surface area contributed by atoms with Crippen molar-refractivity contribution < 1.29 is 22.3 Å². The van der Waals surface area contributed by atoms with E-state index in [0.717, 1.165) is 17.8 Å². The van der Waals surface area contributed by atoms with Crippen LogP contribution in [-0.2, 0) is 11.9 Å². The van der Waals surface area contributed by atoms with Crippen LogP contribution < -0.4 is 4.74 Å². The molecule has 0 saturated carbocycles. The van der Waals surface area contributed by atoms with Crippen LogP contribution in [0.25, 0.3) is 17.3 Å². The van der Waals surface area contributed by atoms with E-state index in [9.17, 15) is 13.2 Å². The minimum absolute atomic E-state index is 0.0706. The number of alkyl halides is 3. The maximum absolute atomic E-state index is 13.3. The number of benzene rings is 2. The summed E-state index contributed by atoms with van der Waals surface area (Å²) in [6, 6.07) is 16.2. The summed E-state index contributed by atoms with van der Waals surface area (Å²) >= 11 is 1.15. The number of ether oxygens (including phenoxy) is 1. The zero-order chi connectivity index (χ0) is 21.1. The lowest BCUT2D eigenvalue weighted by Crippen LogP contribution is -2.08. The molecule has 0 unspecified atom stereocenters. The molecule has 0 saturated heterocycles. The molecule has 30 heavy (non-hydrogen) atoms. The van der Waals surface area contributed by atoms with Gasteiger partial charge in [0.2, 0.25) is 5.82 Å². The van der Waals surface area contributed by atoms with E-state index >= 15 is 0 Å². The zero-order valence-electron chi connectivity index (χ0n) is 15.8. The van der Waals surface area contributed by atoms with Gasteiger partial charge in [0.1, 0.15) is 5.75 Å². The summed E-state index contributed by atoms with van der Waals surface area (Å²) in [7, 11) is 1.54. The van der Waals surface area contributed by atoms with E-state index in [0.29, 0.717) is 28.2 Å². The van der Waals surface area contributed by atoms with E-state index in [1.807, 2.05) is 18.2 Å². The smallest absolute Gasteiger partial charge is 0.416 e. The average molecular weight is 431 g/mol. The Balaban J connectivity index is 1.75. The minimum Gasteiger partial charge on any atom is -0.495 e. The van der Waals surface area contributed by atoms with E-state index in [1.165, 1.54) is 18.4 Å². The lowest BCUT2D eigenvalue weighted by atomic mass is 10.1. The molecule has 2 heterocycles. The number of furan rings is 1. The van der Waals surface area contributed by atoms with E-state index in [1.54, 1.807) is 35.9 Å². The van der Waals surface area contributed by atoms with E-state index < -0.39 is 11.7 Å². The van der Waals surface area contributed by atoms with Crippen LogP contribution in [0.3, 0.4) is 0 Å². The highest BCUT2D eigenvalue weighted by molar-refractivity contribution is 7.98. The Hall–Kier alpha value is -3.20. The molecule has 0 atom stereocenters. The number of aromatic nitrogens is 3. The molecule has 9 heteroatoms. The highest BCUT2D eigenvalue weighted by atomic mass is 32.2. The molecule has 5 nitrogen and oxygen atoms in total. The molecule has 4 rings (SSSR count). The van der Waals surface area contributed by atoms with Crippen molar-refractivity contribution in [3.8, 4) is 23.0 Å². The maximum atomic E-state index is 13.3. The van der Waals surface area contributed by atoms with Crippen molar-refractivity contribution in [3.05, 3.63) is 78.1 Å². The summed E-state index contributed by atoms with van der Waals surface area (Å²) < 4.78 is 52.7. The summed E-state index contributed by atoms with van der Waals surface area (Å²) in [5.41, 5.74) is 0.166. The molecule has 2 aromatic heterocycles. The zero-order valence-corrected chi connectivity index (χ0v) is 16.6. The number of para-hydroxylation sites is 2. The quantitative estimate of drug-likeness (QED) is 0.359. The van der Waals surface area contributed by atoms with Crippen molar-refractivity contribution in [2.24, 2.45) is 0 Å². The van der Waals surface area contributed by atoms with Gasteiger partial charge in [-0.05, 0) is 35.9 Å². The van der Waals surface area contributed by atoms with Gasteiger partial charge in [-0.2, -0.15) is 13.2 Å². The summed E-state index contributed by atoms with van der Waals surface area (Å²) in [4.78, 5) is 0. The molecule has 0 bridgehead atoms. The second kappa shape index (κ2) is 8.27. The van der Waals surface area contributed by atoms with Crippen LogP contribution in [0.1, 0.15) is 11.1 Å².